The molecule has 0 atom stereocenters. The molecule has 0 spiro atoms. The number of nitrogens with zero attached hydrogens (tertiary/aromatic N) is 1. The van der Waals surface area contributed by atoms with E-state index in [1.165, 1.54) is 17.6 Å². The second-order valence-electron chi connectivity index (χ2n) is 6.88. The molecule has 3 aromatic carbocycles. The molecule has 0 aliphatic carbocycles. The zero-order valence-electron chi connectivity index (χ0n) is 16.8. The summed E-state index contributed by atoms with van der Waals surface area (Å²) in [6, 6.07) is 19.8. The summed E-state index contributed by atoms with van der Waals surface area (Å²) in [6.07, 6.45) is 1.42. The van der Waals surface area contributed by atoms with Gasteiger partial charge in [-0.25, -0.2) is 10.2 Å². The Morgan fingerprint density at radius 2 is 1.84 bits per heavy atom. The highest BCUT2D eigenvalue weighted by atomic mass is 79.9. The van der Waals surface area contributed by atoms with Gasteiger partial charge in [0.1, 0.15) is 10.6 Å². The van der Waals surface area contributed by atoms with Crippen molar-refractivity contribution in [3.8, 4) is 5.75 Å². The number of nitrogens with one attached hydrogen (secondary N) is 1. The standard InChI is InChI=1S/C24H16BrClN2O3S/c1-14-6-8-15(9-7-14)24(30)31-19-11-10-17(25)12-16(19)13-27-28-23(29)22-21(26)18-4-2-3-5-20(18)32-22/h2-13H,1H3,(H,28,29)/b27-13+. The maximum absolute atomic E-state index is 12.6. The van der Waals surface area contributed by atoms with Crippen molar-refractivity contribution >= 4 is 67.0 Å². The molecule has 1 aromatic heterocycles. The molecule has 8 heteroatoms. The van der Waals surface area contributed by atoms with E-state index in [0.29, 0.717) is 26.8 Å². The van der Waals surface area contributed by atoms with Crippen molar-refractivity contribution in [1.82, 2.24) is 5.43 Å². The molecular formula is C24H16BrClN2O3S. The molecule has 0 aliphatic rings. The number of rotatable bonds is 5. The van der Waals surface area contributed by atoms with Crippen molar-refractivity contribution in [2.24, 2.45) is 5.10 Å². The lowest BCUT2D eigenvalue weighted by Gasteiger charge is -2.08. The van der Waals surface area contributed by atoms with E-state index in [9.17, 15) is 9.59 Å². The number of amides is 1. The van der Waals surface area contributed by atoms with Gasteiger partial charge in [-0.15, -0.1) is 11.3 Å². The predicted octanol–water partition coefficient (Wildman–Crippen LogP) is 6.61. The fourth-order valence-corrected chi connectivity index (χ4v) is 4.72. The first-order chi connectivity index (χ1) is 15.4. The van der Waals surface area contributed by atoms with Crippen LogP contribution in [0.1, 0.15) is 31.2 Å². The number of hydrogen-bond acceptors (Lipinski definition) is 5. The smallest absolute Gasteiger partial charge is 0.343 e. The summed E-state index contributed by atoms with van der Waals surface area (Å²) in [5.74, 6) is -0.583. The molecule has 5 nitrogen and oxygen atoms in total. The minimum Gasteiger partial charge on any atom is -0.422 e. The van der Waals surface area contributed by atoms with E-state index in [2.05, 4.69) is 26.5 Å². The van der Waals surface area contributed by atoms with E-state index >= 15 is 0 Å². The minimum atomic E-state index is -0.483. The Bertz CT molecular complexity index is 1350. The van der Waals surface area contributed by atoms with Crippen molar-refractivity contribution in [3.63, 3.8) is 0 Å². The van der Waals surface area contributed by atoms with Gasteiger partial charge in [0.15, 0.2) is 0 Å². The van der Waals surface area contributed by atoms with Crippen LogP contribution in [0.3, 0.4) is 0 Å². The maximum atomic E-state index is 12.6. The molecule has 1 amide bonds. The molecule has 4 aromatic rings. The van der Waals surface area contributed by atoms with Gasteiger partial charge in [0.25, 0.3) is 5.91 Å². The first kappa shape index (κ1) is 22.2. The molecule has 4 rings (SSSR count). The van der Waals surface area contributed by atoms with Crippen LogP contribution in [-0.4, -0.2) is 18.1 Å². The molecule has 0 bridgehead atoms. The largest absolute Gasteiger partial charge is 0.422 e. The normalized spacial score (nSPS) is 11.1. The third-order valence-corrected chi connectivity index (χ3v) is 6.74. The van der Waals surface area contributed by atoms with Crippen molar-refractivity contribution < 1.29 is 14.3 Å². The van der Waals surface area contributed by atoms with Gasteiger partial charge in [0, 0.05) is 20.1 Å². The van der Waals surface area contributed by atoms with Crippen LogP contribution in [0.4, 0.5) is 0 Å². The second kappa shape index (κ2) is 9.65. The molecule has 0 fully saturated rings. The van der Waals surface area contributed by atoms with Crippen LogP contribution in [0.2, 0.25) is 5.02 Å². The average Bonchev–Trinajstić information content (AvgIpc) is 3.12. The lowest BCUT2D eigenvalue weighted by molar-refractivity contribution is 0.0734. The summed E-state index contributed by atoms with van der Waals surface area (Å²) in [5.41, 5.74) is 4.49. The van der Waals surface area contributed by atoms with E-state index in [1.54, 1.807) is 30.3 Å². The van der Waals surface area contributed by atoms with Crippen LogP contribution in [0.25, 0.3) is 10.1 Å². The number of aryl methyl sites for hydroxylation is 1. The van der Waals surface area contributed by atoms with Crippen LogP contribution < -0.4 is 10.2 Å². The molecule has 1 heterocycles. The van der Waals surface area contributed by atoms with Crippen LogP contribution >= 0.6 is 38.9 Å². The first-order valence-corrected chi connectivity index (χ1v) is 11.5. The molecule has 160 valence electrons. The summed E-state index contributed by atoms with van der Waals surface area (Å²) in [6.45, 7) is 1.94. The Hall–Kier alpha value is -3.00. The topological polar surface area (TPSA) is 67.8 Å². The highest BCUT2D eigenvalue weighted by molar-refractivity contribution is 9.10. The summed E-state index contributed by atoms with van der Waals surface area (Å²) in [4.78, 5) is 25.4. The van der Waals surface area contributed by atoms with Crippen LogP contribution in [0.5, 0.6) is 5.75 Å². The molecule has 1 N–H and O–H groups in total. The third kappa shape index (κ3) is 4.91. The quantitative estimate of drug-likeness (QED) is 0.137. The van der Waals surface area contributed by atoms with Gasteiger partial charge < -0.3 is 4.74 Å². The number of hydrogen-bond donors (Lipinski definition) is 1. The van der Waals surface area contributed by atoms with Gasteiger partial charge in [-0.3, -0.25) is 4.79 Å². The number of carbonyl (C=O) groups excluding carboxylic acids is 2. The fraction of sp³-hybridized carbons (Fsp3) is 0.0417. The zero-order chi connectivity index (χ0) is 22.7. The van der Waals surface area contributed by atoms with Crippen molar-refractivity contribution in [2.45, 2.75) is 6.92 Å². The third-order valence-electron chi connectivity index (χ3n) is 4.57. The van der Waals surface area contributed by atoms with E-state index in [0.717, 1.165) is 20.1 Å². The number of thiophene rings is 1. The van der Waals surface area contributed by atoms with E-state index in [1.807, 2.05) is 43.3 Å². The number of ether oxygens (including phenoxy) is 1. The van der Waals surface area contributed by atoms with Gasteiger partial charge in [0.05, 0.1) is 16.8 Å². The molecule has 0 radical (unpaired) electrons. The number of halogens is 2. The van der Waals surface area contributed by atoms with E-state index in [4.69, 9.17) is 16.3 Å². The van der Waals surface area contributed by atoms with Crippen LogP contribution in [-0.2, 0) is 0 Å². The van der Waals surface area contributed by atoms with Gasteiger partial charge in [-0.1, -0.05) is 63.4 Å². The summed E-state index contributed by atoms with van der Waals surface area (Å²) < 4.78 is 7.24. The molecule has 0 aliphatic heterocycles. The van der Waals surface area contributed by atoms with Crippen molar-refractivity contribution in [3.05, 3.63) is 97.8 Å². The maximum Gasteiger partial charge on any atom is 0.343 e. The van der Waals surface area contributed by atoms with Crippen molar-refractivity contribution in [1.29, 1.82) is 0 Å². The molecular weight excluding hydrogens is 512 g/mol. The van der Waals surface area contributed by atoms with Gasteiger partial charge >= 0.3 is 5.97 Å². The Morgan fingerprint density at radius 3 is 2.59 bits per heavy atom. The summed E-state index contributed by atoms with van der Waals surface area (Å²) in [5, 5.41) is 5.26. The highest BCUT2D eigenvalue weighted by Gasteiger charge is 2.16. The highest BCUT2D eigenvalue weighted by Crippen LogP contribution is 2.35. The van der Waals surface area contributed by atoms with Gasteiger partial charge in [0.2, 0.25) is 0 Å². The van der Waals surface area contributed by atoms with E-state index < -0.39 is 11.9 Å². The second-order valence-corrected chi connectivity index (χ2v) is 9.22. The predicted molar refractivity (Wildman–Crippen MR) is 132 cm³/mol. The van der Waals surface area contributed by atoms with Crippen LogP contribution in [0.15, 0.2) is 76.3 Å². The van der Waals surface area contributed by atoms with Gasteiger partial charge in [-0.2, -0.15) is 5.10 Å². The summed E-state index contributed by atoms with van der Waals surface area (Å²) in [7, 11) is 0. The molecule has 32 heavy (non-hydrogen) atoms. The number of hydrazone groups is 1. The number of fused-ring (bicyclic) bond motifs is 1. The lowest BCUT2D eigenvalue weighted by atomic mass is 10.1. The first-order valence-electron chi connectivity index (χ1n) is 9.51. The summed E-state index contributed by atoms with van der Waals surface area (Å²) >= 11 is 11.0. The Labute approximate surface area is 201 Å². The number of carbonyl (C=O) groups is 2. The number of esters is 1. The average molecular weight is 528 g/mol. The molecule has 0 saturated heterocycles. The molecule has 0 saturated carbocycles. The monoisotopic (exact) mass is 526 g/mol. The Kier molecular flexibility index (Phi) is 6.69. The number of benzene rings is 3. The lowest BCUT2D eigenvalue weighted by Crippen LogP contribution is -2.17. The zero-order valence-corrected chi connectivity index (χ0v) is 19.9. The van der Waals surface area contributed by atoms with Crippen molar-refractivity contribution in [2.75, 3.05) is 0 Å². The van der Waals surface area contributed by atoms with E-state index in [-0.39, 0.29) is 0 Å². The fourth-order valence-electron chi connectivity index (χ4n) is 2.93. The Balaban J connectivity index is 1.51. The minimum absolute atomic E-state index is 0.316. The molecule has 0 unspecified atom stereocenters. The Morgan fingerprint density at radius 1 is 1.09 bits per heavy atom. The SMILES string of the molecule is Cc1ccc(C(=O)Oc2ccc(Br)cc2/C=N/NC(=O)c2sc3ccccc3c2Cl)cc1. The van der Waals surface area contributed by atoms with Crippen LogP contribution in [0, 0.1) is 6.92 Å². The van der Waals surface area contributed by atoms with Gasteiger partial charge in [-0.05, 0) is 43.3 Å².